The van der Waals surface area contributed by atoms with Gasteiger partial charge < -0.3 is 5.73 Å². The summed E-state index contributed by atoms with van der Waals surface area (Å²) in [6, 6.07) is 0.544. The number of nitrogens with zero attached hydrogens (tertiary/aromatic N) is 2. The molecule has 0 aromatic carbocycles. The van der Waals surface area contributed by atoms with Crippen molar-refractivity contribution in [2.75, 3.05) is 6.54 Å². The van der Waals surface area contributed by atoms with E-state index in [2.05, 4.69) is 29.8 Å². The molecular weight excluding hydrogens is 186 g/mol. The van der Waals surface area contributed by atoms with Gasteiger partial charge in [-0.3, -0.25) is 4.68 Å². The van der Waals surface area contributed by atoms with E-state index in [1.165, 1.54) is 24.8 Å². The summed E-state index contributed by atoms with van der Waals surface area (Å²) >= 11 is 0. The second-order valence-corrected chi connectivity index (χ2v) is 4.90. The number of hydrogen-bond acceptors (Lipinski definition) is 2. The molecule has 3 nitrogen and oxygen atoms in total. The van der Waals surface area contributed by atoms with Crippen molar-refractivity contribution < 1.29 is 0 Å². The van der Waals surface area contributed by atoms with Gasteiger partial charge in [0.05, 0.1) is 12.2 Å². The topological polar surface area (TPSA) is 43.8 Å². The molecule has 2 unspecified atom stereocenters. The van der Waals surface area contributed by atoms with E-state index in [-0.39, 0.29) is 0 Å². The lowest BCUT2D eigenvalue weighted by Crippen LogP contribution is -2.21. The minimum atomic E-state index is 0.544. The fraction of sp³-hybridized carbons (Fsp3) is 0.750. The van der Waals surface area contributed by atoms with Crippen molar-refractivity contribution in [3.63, 3.8) is 0 Å². The highest BCUT2D eigenvalue weighted by atomic mass is 15.3. The summed E-state index contributed by atoms with van der Waals surface area (Å²) in [7, 11) is 0. The Labute approximate surface area is 91.7 Å². The first-order valence-corrected chi connectivity index (χ1v) is 5.96. The zero-order valence-electron chi connectivity index (χ0n) is 9.69. The molecule has 84 valence electrons. The van der Waals surface area contributed by atoms with Gasteiger partial charge in [0.15, 0.2) is 0 Å². The molecule has 3 heteroatoms. The van der Waals surface area contributed by atoms with Crippen LogP contribution in [0.5, 0.6) is 0 Å². The first-order valence-electron chi connectivity index (χ1n) is 5.96. The number of nitrogens with two attached hydrogens (primary N) is 1. The van der Waals surface area contributed by atoms with Crippen LogP contribution in [0.1, 0.15) is 50.6 Å². The second-order valence-electron chi connectivity index (χ2n) is 4.90. The summed E-state index contributed by atoms with van der Waals surface area (Å²) in [6.45, 7) is 5.20. The van der Waals surface area contributed by atoms with E-state index < -0.39 is 0 Å². The van der Waals surface area contributed by atoms with Crippen molar-refractivity contribution in [3.05, 3.63) is 18.0 Å². The number of rotatable bonds is 3. The number of hydrogen-bond donors (Lipinski definition) is 1. The molecule has 0 amide bonds. The van der Waals surface area contributed by atoms with E-state index in [0.717, 1.165) is 6.54 Å². The van der Waals surface area contributed by atoms with Gasteiger partial charge in [0, 0.05) is 6.20 Å². The maximum absolute atomic E-state index is 5.79. The molecule has 2 rings (SSSR count). The Bertz CT molecular complexity index is 316. The SMILES string of the molecule is CC(C)c1cnn(C2CCCC2CN)c1. The third-order valence-electron chi connectivity index (χ3n) is 3.55. The summed E-state index contributed by atoms with van der Waals surface area (Å²) < 4.78 is 2.14. The molecule has 1 aliphatic carbocycles. The normalized spacial score (nSPS) is 26.4. The van der Waals surface area contributed by atoms with Crippen molar-refractivity contribution in [2.24, 2.45) is 11.7 Å². The molecule has 0 spiro atoms. The minimum Gasteiger partial charge on any atom is -0.330 e. The van der Waals surface area contributed by atoms with Crippen LogP contribution in [0.15, 0.2) is 12.4 Å². The van der Waals surface area contributed by atoms with E-state index in [1.807, 2.05) is 6.20 Å². The van der Waals surface area contributed by atoms with Gasteiger partial charge in [-0.1, -0.05) is 20.3 Å². The van der Waals surface area contributed by atoms with Crippen LogP contribution in [0.3, 0.4) is 0 Å². The fourth-order valence-electron chi connectivity index (χ4n) is 2.47. The molecule has 2 atom stereocenters. The van der Waals surface area contributed by atoms with Crippen LogP contribution in [-0.4, -0.2) is 16.3 Å². The molecule has 0 bridgehead atoms. The Morgan fingerprint density at radius 2 is 2.33 bits per heavy atom. The predicted octanol–water partition coefficient (Wildman–Crippen LogP) is 2.31. The van der Waals surface area contributed by atoms with Gasteiger partial charge in [-0.2, -0.15) is 5.10 Å². The first kappa shape index (κ1) is 10.7. The highest BCUT2D eigenvalue weighted by Crippen LogP contribution is 2.34. The molecule has 1 heterocycles. The van der Waals surface area contributed by atoms with E-state index in [0.29, 0.717) is 17.9 Å². The average molecular weight is 207 g/mol. The summed E-state index contributed by atoms with van der Waals surface area (Å²) in [4.78, 5) is 0. The Morgan fingerprint density at radius 3 is 2.93 bits per heavy atom. The standard InChI is InChI=1S/C12H21N3/c1-9(2)11-7-14-15(8-11)12-5-3-4-10(12)6-13/h7-10,12H,3-6,13H2,1-2H3. The number of aromatic nitrogens is 2. The van der Waals surface area contributed by atoms with E-state index in [9.17, 15) is 0 Å². The fourth-order valence-corrected chi connectivity index (χ4v) is 2.47. The summed E-state index contributed by atoms with van der Waals surface area (Å²) in [6.07, 6.45) is 7.99. The van der Waals surface area contributed by atoms with Crippen LogP contribution in [0.25, 0.3) is 0 Å². The summed E-state index contributed by atoms with van der Waals surface area (Å²) in [5.41, 5.74) is 7.12. The molecule has 2 N–H and O–H groups in total. The highest BCUT2D eigenvalue weighted by molar-refractivity contribution is 5.09. The summed E-state index contributed by atoms with van der Waals surface area (Å²) in [5.74, 6) is 1.20. The lowest BCUT2D eigenvalue weighted by Gasteiger charge is -2.18. The maximum Gasteiger partial charge on any atom is 0.0559 e. The second kappa shape index (κ2) is 4.35. The third kappa shape index (κ3) is 2.07. The maximum atomic E-state index is 5.79. The zero-order chi connectivity index (χ0) is 10.8. The van der Waals surface area contributed by atoms with Gasteiger partial charge in [-0.15, -0.1) is 0 Å². The summed E-state index contributed by atoms with van der Waals surface area (Å²) in [5, 5.41) is 4.48. The lowest BCUT2D eigenvalue weighted by molar-refractivity contribution is 0.358. The minimum absolute atomic E-state index is 0.544. The zero-order valence-corrected chi connectivity index (χ0v) is 9.69. The Balaban J connectivity index is 2.14. The van der Waals surface area contributed by atoms with Crippen molar-refractivity contribution in [2.45, 2.75) is 45.1 Å². The average Bonchev–Trinajstić information content (AvgIpc) is 2.85. The lowest BCUT2D eigenvalue weighted by atomic mass is 10.0. The first-order chi connectivity index (χ1) is 7.22. The molecule has 1 saturated carbocycles. The smallest absolute Gasteiger partial charge is 0.0559 e. The van der Waals surface area contributed by atoms with Gasteiger partial charge >= 0.3 is 0 Å². The van der Waals surface area contributed by atoms with Crippen molar-refractivity contribution in [1.29, 1.82) is 0 Å². The largest absolute Gasteiger partial charge is 0.330 e. The van der Waals surface area contributed by atoms with Crippen LogP contribution in [0, 0.1) is 5.92 Å². The van der Waals surface area contributed by atoms with Crippen LogP contribution < -0.4 is 5.73 Å². The van der Waals surface area contributed by atoms with Crippen molar-refractivity contribution in [1.82, 2.24) is 9.78 Å². The van der Waals surface area contributed by atoms with Gasteiger partial charge in [0.2, 0.25) is 0 Å². The van der Waals surface area contributed by atoms with Crippen molar-refractivity contribution in [3.8, 4) is 0 Å². The van der Waals surface area contributed by atoms with Crippen LogP contribution in [-0.2, 0) is 0 Å². The Kier molecular flexibility index (Phi) is 3.10. The molecule has 1 aromatic rings. The van der Waals surface area contributed by atoms with Crippen LogP contribution in [0.4, 0.5) is 0 Å². The molecule has 15 heavy (non-hydrogen) atoms. The molecule has 0 saturated heterocycles. The van der Waals surface area contributed by atoms with Gasteiger partial charge in [0.1, 0.15) is 0 Å². The quantitative estimate of drug-likeness (QED) is 0.826. The Hall–Kier alpha value is -0.830. The van der Waals surface area contributed by atoms with Crippen LogP contribution >= 0.6 is 0 Å². The van der Waals surface area contributed by atoms with Gasteiger partial charge in [-0.05, 0) is 36.8 Å². The molecule has 0 aliphatic heterocycles. The van der Waals surface area contributed by atoms with E-state index in [4.69, 9.17) is 5.73 Å². The Morgan fingerprint density at radius 1 is 1.53 bits per heavy atom. The van der Waals surface area contributed by atoms with Gasteiger partial charge in [-0.25, -0.2) is 0 Å². The van der Waals surface area contributed by atoms with Crippen molar-refractivity contribution >= 4 is 0 Å². The molecule has 1 aromatic heterocycles. The van der Waals surface area contributed by atoms with E-state index in [1.54, 1.807) is 0 Å². The molecule has 1 fully saturated rings. The molecule has 0 radical (unpaired) electrons. The van der Waals surface area contributed by atoms with E-state index >= 15 is 0 Å². The van der Waals surface area contributed by atoms with Crippen LogP contribution in [0.2, 0.25) is 0 Å². The predicted molar refractivity (Wildman–Crippen MR) is 61.7 cm³/mol. The molecule has 1 aliphatic rings. The van der Waals surface area contributed by atoms with Gasteiger partial charge in [0.25, 0.3) is 0 Å². The monoisotopic (exact) mass is 207 g/mol. The molecular formula is C12H21N3. The third-order valence-corrected chi connectivity index (χ3v) is 3.55. The highest BCUT2D eigenvalue weighted by Gasteiger charge is 2.28.